The van der Waals surface area contributed by atoms with Gasteiger partial charge in [0.25, 0.3) is 11.8 Å². The number of amides is 1. The van der Waals surface area contributed by atoms with Crippen molar-refractivity contribution in [1.29, 1.82) is 0 Å². The van der Waals surface area contributed by atoms with Gasteiger partial charge in [0, 0.05) is 0 Å². The number of carbonyl (C=O) groups excluding carboxylic acids is 1. The van der Waals surface area contributed by atoms with Crippen LogP contribution in [0.3, 0.4) is 0 Å². The van der Waals surface area contributed by atoms with Crippen molar-refractivity contribution in [3.63, 3.8) is 0 Å². The van der Waals surface area contributed by atoms with Gasteiger partial charge in [-0.15, -0.1) is 5.10 Å². The minimum absolute atomic E-state index is 0.0195. The van der Waals surface area contributed by atoms with Gasteiger partial charge < -0.3 is 10.1 Å². The molecular weight excluding hydrogens is 146 g/mol. The van der Waals surface area contributed by atoms with Crippen molar-refractivity contribution in [2.45, 2.75) is 0 Å². The van der Waals surface area contributed by atoms with Gasteiger partial charge in [-0.1, -0.05) is 0 Å². The first-order valence-electron chi connectivity index (χ1n) is 3.10. The quantitative estimate of drug-likeness (QED) is 0.558. The van der Waals surface area contributed by atoms with Crippen LogP contribution in [0.1, 0.15) is 0 Å². The molecule has 1 amide bonds. The number of hydrogen-bond donors (Lipinski definition) is 1. The van der Waals surface area contributed by atoms with Crippen molar-refractivity contribution in [1.82, 2.24) is 10.2 Å². The molecule has 5 heteroatoms. The number of nitrogens with one attached hydrogen (secondary N) is 1. The Morgan fingerprint density at radius 2 is 2.55 bits per heavy atom. The van der Waals surface area contributed by atoms with Crippen LogP contribution in [0.2, 0.25) is 0 Å². The predicted octanol–water partition coefficient (Wildman–Crippen LogP) is -0.193. The van der Waals surface area contributed by atoms with E-state index >= 15 is 0 Å². The van der Waals surface area contributed by atoms with Crippen molar-refractivity contribution in [2.24, 2.45) is 0 Å². The Hall–Kier alpha value is -1.65. The molecule has 0 atom stereocenters. The minimum atomic E-state index is -0.162. The van der Waals surface area contributed by atoms with Gasteiger partial charge in [0.2, 0.25) is 0 Å². The van der Waals surface area contributed by atoms with Gasteiger partial charge >= 0.3 is 0 Å². The number of rotatable bonds is 0. The Kier molecular flexibility index (Phi) is 1.21. The molecule has 1 aromatic rings. The minimum Gasteiger partial charge on any atom is -0.465 e. The molecule has 0 aliphatic carbocycles. The molecule has 0 aromatic carbocycles. The predicted molar refractivity (Wildman–Crippen MR) is 36.2 cm³/mol. The lowest BCUT2D eigenvalue weighted by atomic mass is 10.4. The van der Waals surface area contributed by atoms with Crippen LogP contribution < -0.4 is 10.1 Å². The summed E-state index contributed by atoms with van der Waals surface area (Å²) in [6, 6.07) is 1.64. The summed E-state index contributed by atoms with van der Waals surface area (Å²) in [5.74, 6) is 0.220. The van der Waals surface area contributed by atoms with Crippen molar-refractivity contribution in [3.05, 3.63) is 12.3 Å². The van der Waals surface area contributed by atoms with Crippen LogP contribution in [-0.4, -0.2) is 22.7 Å². The molecular formula is C6H5N3O2. The highest BCUT2D eigenvalue weighted by molar-refractivity contribution is 5.94. The van der Waals surface area contributed by atoms with E-state index in [4.69, 9.17) is 4.74 Å². The molecule has 1 aliphatic heterocycles. The maximum absolute atomic E-state index is 10.7. The summed E-state index contributed by atoms with van der Waals surface area (Å²) in [4.78, 5) is 10.7. The third kappa shape index (κ3) is 1.000. The highest BCUT2D eigenvalue weighted by Crippen LogP contribution is 2.21. The molecule has 11 heavy (non-hydrogen) atoms. The Morgan fingerprint density at radius 3 is 3.45 bits per heavy atom. The van der Waals surface area contributed by atoms with Crippen molar-refractivity contribution in [3.8, 4) is 5.88 Å². The van der Waals surface area contributed by atoms with Crippen LogP contribution in [0.5, 0.6) is 5.88 Å². The second-order valence-electron chi connectivity index (χ2n) is 2.09. The average Bonchev–Trinajstić information content (AvgIpc) is 2.04. The lowest BCUT2D eigenvalue weighted by Gasteiger charge is -2.14. The fourth-order valence-electron chi connectivity index (χ4n) is 0.841. The molecule has 0 bridgehead atoms. The zero-order valence-corrected chi connectivity index (χ0v) is 5.57. The SMILES string of the molecule is O=C1COc2nnccc2N1. The van der Waals surface area contributed by atoms with Crippen LogP contribution >= 0.6 is 0 Å². The van der Waals surface area contributed by atoms with Crippen molar-refractivity contribution in [2.75, 3.05) is 11.9 Å². The van der Waals surface area contributed by atoms with E-state index in [9.17, 15) is 4.79 Å². The molecule has 2 heterocycles. The first kappa shape index (κ1) is 6.09. The van der Waals surface area contributed by atoms with Gasteiger partial charge in [0.1, 0.15) is 5.69 Å². The summed E-state index contributed by atoms with van der Waals surface area (Å²) in [6.07, 6.45) is 1.49. The highest BCUT2D eigenvalue weighted by atomic mass is 16.5. The molecule has 0 radical (unpaired) electrons. The molecule has 5 nitrogen and oxygen atoms in total. The van der Waals surface area contributed by atoms with E-state index in [1.807, 2.05) is 0 Å². The normalized spacial score (nSPS) is 14.7. The van der Waals surface area contributed by atoms with Gasteiger partial charge in [0.15, 0.2) is 6.61 Å². The van der Waals surface area contributed by atoms with Gasteiger partial charge in [-0.3, -0.25) is 4.79 Å². The monoisotopic (exact) mass is 151 g/mol. The summed E-state index contributed by atoms with van der Waals surface area (Å²) >= 11 is 0. The number of fused-ring (bicyclic) bond motifs is 1. The lowest BCUT2D eigenvalue weighted by molar-refractivity contribution is -0.118. The fourth-order valence-corrected chi connectivity index (χ4v) is 0.841. The standard InChI is InChI=1S/C6H5N3O2/c10-5-3-11-6-4(8-5)1-2-7-9-6/h1-2H,3H2,(H,8,10). The highest BCUT2D eigenvalue weighted by Gasteiger charge is 2.15. The van der Waals surface area contributed by atoms with Crippen molar-refractivity contribution >= 4 is 11.6 Å². The van der Waals surface area contributed by atoms with Crippen LogP contribution in [0.25, 0.3) is 0 Å². The number of hydrogen-bond acceptors (Lipinski definition) is 4. The van der Waals surface area contributed by atoms with E-state index in [1.165, 1.54) is 6.20 Å². The third-order valence-corrected chi connectivity index (χ3v) is 1.30. The topological polar surface area (TPSA) is 64.1 Å². The van der Waals surface area contributed by atoms with E-state index < -0.39 is 0 Å². The Labute approximate surface area is 62.4 Å². The summed E-state index contributed by atoms with van der Waals surface area (Å²) in [5.41, 5.74) is 0.580. The van der Waals surface area contributed by atoms with E-state index in [-0.39, 0.29) is 12.5 Å². The number of carbonyl (C=O) groups is 1. The fraction of sp³-hybridized carbons (Fsp3) is 0.167. The van der Waals surface area contributed by atoms with Crippen LogP contribution in [-0.2, 0) is 4.79 Å². The summed E-state index contributed by atoms with van der Waals surface area (Å²) in [5, 5.41) is 9.86. The molecule has 56 valence electrons. The number of anilines is 1. The molecule has 0 fully saturated rings. The molecule has 0 saturated carbocycles. The third-order valence-electron chi connectivity index (χ3n) is 1.30. The summed E-state index contributed by atoms with van der Waals surface area (Å²) in [6.45, 7) is 0.0195. The second kappa shape index (κ2) is 2.19. The molecule has 1 N–H and O–H groups in total. The summed E-state index contributed by atoms with van der Waals surface area (Å²) in [7, 11) is 0. The van der Waals surface area contributed by atoms with E-state index in [0.29, 0.717) is 11.6 Å². The number of ether oxygens (including phenoxy) is 1. The van der Waals surface area contributed by atoms with Gasteiger partial charge in [-0.25, -0.2) is 0 Å². The molecule has 2 rings (SSSR count). The number of nitrogens with zero attached hydrogens (tertiary/aromatic N) is 2. The van der Waals surface area contributed by atoms with Gasteiger partial charge in [-0.05, 0) is 6.07 Å². The maximum Gasteiger partial charge on any atom is 0.262 e. The second-order valence-corrected chi connectivity index (χ2v) is 2.09. The molecule has 0 saturated heterocycles. The first-order chi connectivity index (χ1) is 5.36. The average molecular weight is 151 g/mol. The zero-order chi connectivity index (χ0) is 7.68. The molecule has 1 aliphatic rings. The first-order valence-corrected chi connectivity index (χ1v) is 3.10. The largest absolute Gasteiger partial charge is 0.465 e. The van der Waals surface area contributed by atoms with Crippen LogP contribution in [0.4, 0.5) is 5.69 Å². The maximum atomic E-state index is 10.7. The van der Waals surface area contributed by atoms with Crippen LogP contribution in [0.15, 0.2) is 12.3 Å². The lowest BCUT2D eigenvalue weighted by Crippen LogP contribution is -2.26. The Bertz CT molecular complexity index is 300. The van der Waals surface area contributed by atoms with E-state index in [0.717, 1.165) is 0 Å². The molecule has 0 spiro atoms. The molecule has 0 unspecified atom stereocenters. The van der Waals surface area contributed by atoms with E-state index in [2.05, 4.69) is 15.5 Å². The molecule has 1 aromatic heterocycles. The van der Waals surface area contributed by atoms with Crippen LogP contribution in [0, 0.1) is 0 Å². The Morgan fingerprint density at radius 1 is 1.64 bits per heavy atom. The smallest absolute Gasteiger partial charge is 0.262 e. The number of aromatic nitrogens is 2. The van der Waals surface area contributed by atoms with E-state index in [1.54, 1.807) is 6.07 Å². The van der Waals surface area contributed by atoms with Crippen molar-refractivity contribution < 1.29 is 9.53 Å². The Balaban J connectivity index is 2.41. The van der Waals surface area contributed by atoms with Gasteiger partial charge in [0.05, 0.1) is 6.20 Å². The zero-order valence-electron chi connectivity index (χ0n) is 5.57. The summed E-state index contributed by atoms with van der Waals surface area (Å²) < 4.78 is 4.95. The van der Waals surface area contributed by atoms with Gasteiger partial charge in [-0.2, -0.15) is 5.10 Å².